The van der Waals surface area contributed by atoms with Crippen molar-refractivity contribution in [2.75, 3.05) is 6.54 Å². The Hall–Kier alpha value is -2.95. The second kappa shape index (κ2) is 10.1. The molecular weight excluding hydrogens is 405 g/mol. The number of rotatable bonds is 7. The Morgan fingerprint density at radius 2 is 1.88 bits per heavy atom. The maximum absolute atomic E-state index is 13.3. The van der Waals surface area contributed by atoms with Crippen molar-refractivity contribution in [2.45, 2.75) is 65.0 Å². The Bertz CT molecular complexity index is 989. The quantitative estimate of drug-likeness (QED) is 0.479. The van der Waals surface area contributed by atoms with Gasteiger partial charge in [0.25, 0.3) is 0 Å². The van der Waals surface area contributed by atoms with Gasteiger partial charge in [-0.25, -0.2) is 9.18 Å². The fraction of sp³-hybridized carbons (Fsp3) is 0.407. The SMILES string of the molecule is CCC(=O)/C=C/c1ccc2c(c1)CCC2N(CCc1ccc(F)cc1)C(=O)OC(C)(C)C. The van der Waals surface area contributed by atoms with Crippen molar-refractivity contribution in [1.29, 1.82) is 0 Å². The van der Waals surface area contributed by atoms with Crippen LogP contribution in [0.15, 0.2) is 48.5 Å². The highest BCUT2D eigenvalue weighted by atomic mass is 19.1. The number of nitrogens with zero attached hydrogens (tertiary/aromatic N) is 1. The summed E-state index contributed by atoms with van der Waals surface area (Å²) in [7, 11) is 0. The average Bonchev–Trinajstić information content (AvgIpc) is 3.15. The minimum Gasteiger partial charge on any atom is -0.444 e. The minimum atomic E-state index is -0.590. The van der Waals surface area contributed by atoms with Gasteiger partial charge in [-0.15, -0.1) is 0 Å². The molecule has 0 saturated heterocycles. The molecule has 1 unspecified atom stereocenters. The van der Waals surface area contributed by atoms with E-state index < -0.39 is 5.60 Å². The molecule has 0 spiro atoms. The molecule has 0 fully saturated rings. The van der Waals surface area contributed by atoms with Crippen LogP contribution in [0, 0.1) is 5.82 Å². The van der Waals surface area contributed by atoms with Crippen molar-refractivity contribution in [3.63, 3.8) is 0 Å². The minimum absolute atomic E-state index is 0.0735. The Balaban J connectivity index is 1.82. The molecule has 170 valence electrons. The number of allylic oxidation sites excluding steroid dienone is 1. The topological polar surface area (TPSA) is 46.6 Å². The summed E-state index contributed by atoms with van der Waals surface area (Å²) in [5.74, 6) is -0.173. The third-order valence-corrected chi connectivity index (χ3v) is 5.58. The molecule has 0 radical (unpaired) electrons. The lowest BCUT2D eigenvalue weighted by Crippen LogP contribution is -2.40. The van der Waals surface area contributed by atoms with Crippen LogP contribution >= 0.6 is 0 Å². The van der Waals surface area contributed by atoms with Crippen LogP contribution in [0.4, 0.5) is 9.18 Å². The lowest BCUT2D eigenvalue weighted by Gasteiger charge is -2.32. The number of carbonyl (C=O) groups is 2. The van der Waals surface area contributed by atoms with Crippen molar-refractivity contribution in [3.8, 4) is 0 Å². The first-order valence-electron chi connectivity index (χ1n) is 11.2. The number of hydrogen-bond donors (Lipinski definition) is 0. The summed E-state index contributed by atoms with van der Waals surface area (Å²) in [4.78, 5) is 26.5. The normalized spacial score (nSPS) is 15.6. The predicted octanol–water partition coefficient (Wildman–Crippen LogP) is 6.29. The fourth-order valence-electron chi connectivity index (χ4n) is 3.94. The third kappa shape index (κ3) is 6.28. The van der Waals surface area contributed by atoms with Gasteiger partial charge in [0.15, 0.2) is 5.78 Å². The zero-order valence-corrected chi connectivity index (χ0v) is 19.4. The van der Waals surface area contributed by atoms with Gasteiger partial charge in [0.05, 0.1) is 6.04 Å². The lowest BCUT2D eigenvalue weighted by atomic mass is 10.0. The van der Waals surface area contributed by atoms with Crippen LogP contribution in [0.25, 0.3) is 6.08 Å². The van der Waals surface area contributed by atoms with E-state index in [1.165, 1.54) is 17.7 Å². The van der Waals surface area contributed by atoms with Crippen molar-refractivity contribution >= 4 is 18.0 Å². The van der Waals surface area contributed by atoms with Crippen molar-refractivity contribution in [1.82, 2.24) is 4.90 Å². The van der Waals surface area contributed by atoms with Gasteiger partial charge in [0.2, 0.25) is 0 Å². The molecule has 0 aromatic heterocycles. The monoisotopic (exact) mass is 437 g/mol. The van der Waals surface area contributed by atoms with E-state index >= 15 is 0 Å². The Labute approximate surface area is 190 Å². The molecule has 0 N–H and O–H groups in total. The molecule has 0 aliphatic heterocycles. The molecule has 1 amide bonds. The van der Waals surface area contributed by atoms with E-state index in [0.717, 1.165) is 29.5 Å². The maximum Gasteiger partial charge on any atom is 0.410 e. The zero-order valence-electron chi connectivity index (χ0n) is 19.4. The van der Waals surface area contributed by atoms with E-state index in [1.807, 2.05) is 39.8 Å². The van der Waals surface area contributed by atoms with E-state index in [4.69, 9.17) is 4.74 Å². The van der Waals surface area contributed by atoms with E-state index in [-0.39, 0.29) is 23.7 Å². The molecule has 1 aliphatic carbocycles. The number of ketones is 1. The summed E-state index contributed by atoms with van der Waals surface area (Å²) in [5.41, 5.74) is 3.68. The standard InChI is InChI=1S/C27H32FNO3/c1-5-23(30)13-8-20-9-14-24-21(18-20)10-15-25(24)29(26(31)32-27(2,3)4)17-16-19-6-11-22(28)12-7-19/h6-9,11-14,18,25H,5,10,15-17H2,1-4H3/b13-8+. The molecule has 2 aromatic carbocycles. The van der Waals surface area contributed by atoms with Crippen LogP contribution in [0.3, 0.4) is 0 Å². The molecule has 2 aromatic rings. The van der Waals surface area contributed by atoms with Gasteiger partial charge in [0.1, 0.15) is 11.4 Å². The molecule has 5 heteroatoms. The van der Waals surface area contributed by atoms with Crippen LogP contribution in [-0.4, -0.2) is 28.9 Å². The van der Waals surface area contributed by atoms with Gasteiger partial charge in [-0.3, -0.25) is 4.79 Å². The molecule has 1 aliphatic rings. The predicted molar refractivity (Wildman–Crippen MR) is 125 cm³/mol. The van der Waals surface area contributed by atoms with E-state index in [2.05, 4.69) is 12.1 Å². The number of ether oxygens (including phenoxy) is 1. The molecule has 4 nitrogen and oxygen atoms in total. The van der Waals surface area contributed by atoms with Crippen molar-refractivity contribution < 1.29 is 18.7 Å². The first-order valence-corrected chi connectivity index (χ1v) is 11.2. The fourth-order valence-corrected chi connectivity index (χ4v) is 3.94. The molecule has 1 atom stereocenters. The Morgan fingerprint density at radius 1 is 1.16 bits per heavy atom. The lowest BCUT2D eigenvalue weighted by molar-refractivity contribution is -0.114. The van der Waals surface area contributed by atoms with Crippen LogP contribution in [0.2, 0.25) is 0 Å². The Morgan fingerprint density at radius 3 is 2.53 bits per heavy atom. The number of fused-ring (bicyclic) bond motifs is 1. The van der Waals surface area contributed by atoms with Gasteiger partial charge in [-0.2, -0.15) is 0 Å². The van der Waals surface area contributed by atoms with E-state index in [9.17, 15) is 14.0 Å². The van der Waals surface area contributed by atoms with Gasteiger partial charge in [0, 0.05) is 13.0 Å². The number of hydrogen-bond acceptors (Lipinski definition) is 3. The third-order valence-electron chi connectivity index (χ3n) is 5.58. The zero-order chi connectivity index (χ0) is 23.3. The first kappa shape index (κ1) is 23.7. The summed E-state index contributed by atoms with van der Waals surface area (Å²) >= 11 is 0. The Kier molecular flexibility index (Phi) is 7.49. The summed E-state index contributed by atoms with van der Waals surface area (Å²) in [6.45, 7) is 7.92. The van der Waals surface area contributed by atoms with Crippen molar-refractivity contribution in [3.05, 3.63) is 76.6 Å². The van der Waals surface area contributed by atoms with Gasteiger partial charge < -0.3 is 9.64 Å². The summed E-state index contributed by atoms with van der Waals surface area (Å²) in [6.07, 6.45) is 5.91. The van der Waals surface area contributed by atoms with Crippen LogP contribution < -0.4 is 0 Å². The largest absolute Gasteiger partial charge is 0.444 e. The van der Waals surface area contributed by atoms with Crippen LogP contribution in [-0.2, 0) is 22.4 Å². The number of halogens is 1. The van der Waals surface area contributed by atoms with Gasteiger partial charge in [-0.1, -0.05) is 43.3 Å². The highest BCUT2D eigenvalue weighted by Gasteiger charge is 2.33. The molecule has 32 heavy (non-hydrogen) atoms. The summed E-state index contributed by atoms with van der Waals surface area (Å²) < 4.78 is 19.0. The molecule has 0 heterocycles. The smallest absolute Gasteiger partial charge is 0.410 e. The summed E-state index contributed by atoms with van der Waals surface area (Å²) in [6, 6.07) is 12.5. The van der Waals surface area contributed by atoms with Crippen LogP contribution in [0.1, 0.15) is 68.8 Å². The number of amides is 1. The van der Waals surface area contributed by atoms with Crippen molar-refractivity contribution in [2.24, 2.45) is 0 Å². The van der Waals surface area contributed by atoms with Gasteiger partial charge in [-0.05, 0) is 80.5 Å². The van der Waals surface area contributed by atoms with E-state index in [0.29, 0.717) is 19.4 Å². The second-order valence-corrected chi connectivity index (χ2v) is 9.22. The molecule has 0 bridgehead atoms. The molecule has 3 rings (SSSR count). The number of aryl methyl sites for hydroxylation is 1. The van der Waals surface area contributed by atoms with Gasteiger partial charge >= 0.3 is 6.09 Å². The van der Waals surface area contributed by atoms with Crippen LogP contribution in [0.5, 0.6) is 0 Å². The molecule has 0 saturated carbocycles. The molecular formula is C27H32FNO3. The summed E-state index contributed by atoms with van der Waals surface area (Å²) in [5, 5.41) is 0. The highest BCUT2D eigenvalue weighted by molar-refractivity contribution is 5.93. The van der Waals surface area contributed by atoms with E-state index in [1.54, 1.807) is 23.1 Å². The number of carbonyl (C=O) groups excluding carboxylic acids is 2. The average molecular weight is 438 g/mol. The number of benzene rings is 2. The second-order valence-electron chi connectivity index (χ2n) is 9.22. The highest BCUT2D eigenvalue weighted by Crippen LogP contribution is 2.37. The maximum atomic E-state index is 13.3. The first-order chi connectivity index (χ1) is 15.2.